The summed E-state index contributed by atoms with van der Waals surface area (Å²) in [6, 6.07) is 2.14. The van der Waals surface area contributed by atoms with Crippen LogP contribution in [0.3, 0.4) is 0 Å². The van der Waals surface area contributed by atoms with Gasteiger partial charge < -0.3 is 15.0 Å². The molecule has 1 saturated carbocycles. The van der Waals surface area contributed by atoms with Crippen LogP contribution in [0.25, 0.3) is 0 Å². The molecule has 0 spiro atoms. The first kappa shape index (κ1) is 17.5. The molecule has 0 unspecified atom stereocenters. The molecular formula is C16H18F3N3O3. The first-order valence-corrected chi connectivity index (χ1v) is 7.91. The Balaban J connectivity index is 1.60. The van der Waals surface area contributed by atoms with Gasteiger partial charge in [-0.2, -0.15) is 0 Å². The highest BCUT2D eigenvalue weighted by Crippen LogP contribution is 2.43. The number of hydrogen-bond donors (Lipinski definition) is 1. The number of nitrogens with zero attached hydrogens (tertiary/aromatic N) is 2. The van der Waals surface area contributed by atoms with Gasteiger partial charge in [0.05, 0.1) is 19.7 Å². The van der Waals surface area contributed by atoms with Crippen LogP contribution in [-0.2, 0) is 4.79 Å². The number of aromatic nitrogens is 1. The molecule has 0 aromatic carbocycles. The lowest BCUT2D eigenvalue weighted by Crippen LogP contribution is -2.47. The molecule has 1 aromatic heterocycles. The van der Waals surface area contributed by atoms with Gasteiger partial charge in [-0.3, -0.25) is 9.59 Å². The fourth-order valence-corrected chi connectivity index (χ4v) is 3.15. The summed E-state index contributed by atoms with van der Waals surface area (Å²) in [6.45, 7) is -0.258. The summed E-state index contributed by atoms with van der Waals surface area (Å²) in [5, 5.41) is 2.52. The number of alkyl halides is 3. The molecule has 1 N–H and O–H groups in total. The zero-order chi connectivity index (χ0) is 18.2. The summed E-state index contributed by atoms with van der Waals surface area (Å²) in [5.74, 6) is -4.51. The third kappa shape index (κ3) is 3.54. The van der Waals surface area contributed by atoms with E-state index < -0.39 is 48.7 Å². The lowest BCUT2D eigenvalue weighted by molar-refractivity contribution is -0.159. The van der Waals surface area contributed by atoms with Crippen LogP contribution in [-0.4, -0.2) is 60.0 Å². The third-order valence-corrected chi connectivity index (χ3v) is 4.53. The van der Waals surface area contributed by atoms with Crippen LogP contribution in [0.2, 0.25) is 0 Å². The molecule has 1 aliphatic heterocycles. The van der Waals surface area contributed by atoms with Crippen molar-refractivity contribution in [3.8, 4) is 5.88 Å². The number of methoxy groups -OCH3 is 1. The van der Waals surface area contributed by atoms with Gasteiger partial charge in [-0.1, -0.05) is 0 Å². The smallest absolute Gasteiger partial charge is 0.257 e. The van der Waals surface area contributed by atoms with Gasteiger partial charge in [0, 0.05) is 31.5 Å². The van der Waals surface area contributed by atoms with E-state index in [0.717, 1.165) is 0 Å². The first-order valence-electron chi connectivity index (χ1n) is 7.91. The van der Waals surface area contributed by atoms with E-state index in [2.05, 4.69) is 10.3 Å². The minimum atomic E-state index is -2.81. The van der Waals surface area contributed by atoms with Crippen LogP contribution in [0.1, 0.15) is 23.2 Å². The van der Waals surface area contributed by atoms with E-state index in [1.165, 1.54) is 24.3 Å². The maximum absolute atomic E-state index is 14.2. The second-order valence-electron chi connectivity index (χ2n) is 6.36. The van der Waals surface area contributed by atoms with E-state index in [1.807, 2.05) is 0 Å². The number of hydrogen-bond acceptors (Lipinski definition) is 4. The van der Waals surface area contributed by atoms with Gasteiger partial charge in [0.15, 0.2) is 0 Å². The molecule has 0 radical (unpaired) electrons. The van der Waals surface area contributed by atoms with Crippen LogP contribution < -0.4 is 10.1 Å². The van der Waals surface area contributed by atoms with Crippen molar-refractivity contribution < 1.29 is 27.5 Å². The van der Waals surface area contributed by atoms with Crippen molar-refractivity contribution in [1.82, 2.24) is 15.2 Å². The van der Waals surface area contributed by atoms with Crippen LogP contribution in [0, 0.1) is 5.92 Å². The molecule has 2 heterocycles. The molecule has 2 fully saturated rings. The molecular weight excluding hydrogens is 339 g/mol. The summed E-state index contributed by atoms with van der Waals surface area (Å²) < 4.78 is 45.0. The third-order valence-electron chi connectivity index (χ3n) is 4.53. The van der Waals surface area contributed by atoms with Crippen molar-refractivity contribution in [1.29, 1.82) is 0 Å². The number of rotatable bonds is 4. The van der Waals surface area contributed by atoms with Gasteiger partial charge in [0.1, 0.15) is 11.7 Å². The number of carbonyl (C=O) groups excluding carboxylic acids is 2. The topological polar surface area (TPSA) is 71.5 Å². The van der Waals surface area contributed by atoms with Crippen LogP contribution in [0.4, 0.5) is 13.2 Å². The second kappa shape index (κ2) is 6.53. The molecule has 9 heteroatoms. The number of amides is 2. The van der Waals surface area contributed by atoms with Crippen molar-refractivity contribution in [2.45, 2.75) is 31.0 Å². The van der Waals surface area contributed by atoms with Gasteiger partial charge in [-0.05, 0) is 12.1 Å². The van der Waals surface area contributed by atoms with Crippen LogP contribution in [0.15, 0.2) is 18.3 Å². The van der Waals surface area contributed by atoms with Crippen LogP contribution >= 0.6 is 0 Å². The monoisotopic (exact) mass is 357 g/mol. The molecule has 1 aliphatic carbocycles. The maximum Gasteiger partial charge on any atom is 0.257 e. The normalized spacial score (nSPS) is 25.4. The summed E-state index contributed by atoms with van der Waals surface area (Å²) >= 11 is 0. The highest BCUT2D eigenvalue weighted by molar-refractivity contribution is 5.96. The van der Waals surface area contributed by atoms with Crippen molar-refractivity contribution in [3.05, 3.63) is 23.9 Å². The van der Waals surface area contributed by atoms with E-state index in [0.29, 0.717) is 0 Å². The maximum atomic E-state index is 14.2. The van der Waals surface area contributed by atoms with E-state index >= 15 is 0 Å². The summed E-state index contributed by atoms with van der Waals surface area (Å²) in [4.78, 5) is 29.5. The molecule has 6 nitrogen and oxygen atoms in total. The lowest BCUT2D eigenvalue weighted by atomic mass is 9.80. The van der Waals surface area contributed by atoms with E-state index in [-0.39, 0.29) is 24.5 Å². The Morgan fingerprint density at radius 1 is 1.36 bits per heavy atom. The van der Waals surface area contributed by atoms with Crippen molar-refractivity contribution >= 4 is 11.8 Å². The standard InChI is InChI=1S/C16H18F3N3O3/c1-25-14-10(3-2-4-20-14)13(23)21-12-8-22(7-11(12)17)15(24)9-5-16(18,19)6-9/h2-4,9,11-12H,5-8H2,1H3,(H,21,23)/t11-,12+/m0/s1. The molecule has 2 atom stereocenters. The first-order chi connectivity index (χ1) is 11.8. The zero-order valence-corrected chi connectivity index (χ0v) is 13.5. The Morgan fingerprint density at radius 2 is 2.08 bits per heavy atom. The molecule has 0 bridgehead atoms. The highest BCUT2D eigenvalue weighted by atomic mass is 19.3. The van der Waals surface area contributed by atoms with Crippen molar-refractivity contribution in [2.75, 3.05) is 20.2 Å². The number of carbonyl (C=O) groups is 2. The largest absolute Gasteiger partial charge is 0.480 e. The Kier molecular flexibility index (Phi) is 4.57. The van der Waals surface area contributed by atoms with Gasteiger partial charge in [-0.25, -0.2) is 18.2 Å². The Morgan fingerprint density at radius 3 is 2.72 bits per heavy atom. The molecule has 136 valence electrons. The van der Waals surface area contributed by atoms with Gasteiger partial charge in [0.25, 0.3) is 5.91 Å². The van der Waals surface area contributed by atoms with Gasteiger partial charge in [0.2, 0.25) is 17.7 Å². The zero-order valence-electron chi connectivity index (χ0n) is 13.5. The second-order valence-corrected chi connectivity index (χ2v) is 6.36. The molecule has 1 saturated heterocycles. The molecule has 25 heavy (non-hydrogen) atoms. The van der Waals surface area contributed by atoms with E-state index in [4.69, 9.17) is 4.74 Å². The fraction of sp³-hybridized carbons (Fsp3) is 0.562. The molecule has 2 amide bonds. The minimum Gasteiger partial charge on any atom is -0.480 e. The molecule has 1 aromatic rings. The number of halogens is 3. The predicted molar refractivity (Wildman–Crippen MR) is 81.2 cm³/mol. The number of nitrogens with one attached hydrogen (secondary N) is 1. The Labute approximate surface area is 142 Å². The Hall–Kier alpha value is -2.32. The lowest BCUT2D eigenvalue weighted by Gasteiger charge is -2.36. The quantitative estimate of drug-likeness (QED) is 0.885. The SMILES string of the molecule is COc1ncccc1C(=O)N[C@@H]1CN(C(=O)C2CC(F)(F)C2)C[C@@H]1F. The van der Waals surface area contributed by atoms with Gasteiger partial charge >= 0.3 is 0 Å². The van der Waals surface area contributed by atoms with E-state index in [9.17, 15) is 22.8 Å². The fourth-order valence-electron chi connectivity index (χ4n) is 3.15. The summed E-state index contributed by atoms with van der Waals surface area (Å²) in [5.41, 5.74) is 0.153. The van der Waals surface area contributed by atoms with Crippen molar-refractivity contribution in [3.63, 3.8) is 0 Å². The number of likely N-dealkylation sites (tertiary alicyclic amines) is 1. The average molecular weight is 357 g/mol. The number of ether oxygens (including phenoxy) is 1. The minimum absolute atomic E-state index is 0.0452. The van der Waals surface area contributed by atoms with Gasteiger partial charge in [-0.15, -0.1) is 0 Å². The van der Waals surface area contributed by atoms with E-state index in [1.54, 1.807) is 6.07 Å². The number of pyridine rings is 1. The molecule has 2 aliphatic rings. The highest BCUT2D eigenvalue weighted by Gasteiger charge is 2.51. The summed E-state index contributed by atoms with van der Waals surface area (Å²) in [7, 11) is 1.36. The van der Waals surface area contributed by atoms with Crippen LogP contribution in [0.5, 0.6) is 5.88 Å². The molecule has 3 rings (SSSR count). The predicted octanol–water partition coefficient (Wildman–Crippen LogP) is 1.41. The Bertz CT molecular complexity index is 678. The van der Waals surface area contributed by atoms with Crippen molar-refractivity contribution in [2.24, 2.45) is 5.92 Å². The summed E-state index contributed by atoms with van der Waals surface area (Å²) in [6.07, 6.45) is -0.999. The average Bonchev–Trinajstić information content (AvgIpc) is 2.92.